The van der Waals surface area contributed by atoms with Crippen LogP contribution in [-0.4, -0.2) is 32.7 Å². The van der Waals surface area contributed by atoms with Gasteiger partial charge >= 0.3 is 5.97 Å². The summed E-state index contributed by atoms with van der Waals surface area (Å²) >= 11 is 1.32. The van der Waals surface area contributed by atoms with Crippen LogP contribution >= 0.6 is 11.3 Å². The maximum Gasteiger partial charge on any atom is 0.357 e. The summed E-state index contributed by atoms with van der Waals surface area (Å²) in [5, 5.41) is 8.63. The van der Waals surface area contributed by atoms with Crippen LogP contribution < -0.4 is 0 Å². The topological polar surface area (TPSA) is 80.8 Å². The number of nitrogens with zero attached hydrogens (tertiary/aromatic N) is 3. The summed E-state index contributed by atoms with van der Waals surface area (Å²) in [6, 6.07) is 0. The summed E-state index contributed by atoms with van der Waals surface area (Å²) in [6.07, 6.45) is 1.39. The first kappa shape index (κ1) is 9.78. The van der Waals surface area contributed by atoms with Crippen LogP contribution in [0.25, 0.3) is 10.8 Å². The second-order valence-corrected chi connectivity index (χ2v) is 3.45. The normalized spacial score (nSPS) is 10.2. The predicted molar refractivity (Wildman–Crippen MR) is 53.4 cm³/mol. The minimum absolute atomic E-state index is 0.299. The first-order valence-corrected chi connectivity index (χ1v) is 5.17. The number of nitrogens with one attached hydrogen (secondary N) is 1. The zero-order chi connectivity index (χ0) is 10.7. The largest absolute Gasteiger partial charge is 0.461 e. The third-order valence-corrected chi connectivity index (χ3v) is 2.46. The number of carbonyl (C=O) groups excluding carboxylic acids is 1. The van der Waals surface area contributed by atoms with E-state index in [1.54, 1.807) is 12.3 Å². The fourth-order valence-corrected chi connectivity index (χ4v) is 1.72. The van der Waals surface area contributed by atoms with Gasteiger partial charge < -0.3 is 4.74 Å². The molecule has 78 valence electrons. The highest BCUT2D eigenvalue weighted by molar-refractivity contribution is 7.13. The Morgan fingerprint density at radius 1 is 1.67 bits per heavy atom. The van der Waals surface area contributed by atoms with Gasteiger partial charge in [-0.25, -0.2) is 14.8 Å². The van der Waals surface area contributed by atoms with Crippen molar-refractivity contribution >= 4 is 17.3 Å². The van der Waals surface area contributed by atoms with Gasteiger partial charge in [-0.1, -0.05) is 0 Å². The molecule has 0 fully saturated rings. The van der Waals surface area contributed by atoms with Gasteiger partial charge in [0.25, 0.3) is 0 Å². The molecule has 1 N–H and O–H groups in total. The zero-order valence-electron chi connectivity index (χ0n) is 7.93. The Kier molecular flexibility index (Phi) is 2.72. The van der Waals surface area contributed by atoms with E-state index in [0.717, 1.165) is 0 Å². The fraction of sp³-hybridized carbons (Fsp3) is 0.250. The molecule has 2 aromatic heterocycles. The summed E-state index contributed by atoms with van der Waals surface area (Å²) < 4.78 is 4.82. The molecule has 0 atom stereocenters. The molecule has 2 rings (SSSR count). The minimum Gasteiger partial charge on any atom is -0.461 e. The maximum absolute atomic E-state index is 11.3. The number of carbonyl (C=O) groups is 1. The minimum atomic E-state index is -0.417. The van der Waals surface area contributed by atoms with E-state index >= 15 is 0 Å². The molecule has 0 amide bonds. The Morgan fingerprint density at radius 3 is 3.20 bits per heavy atom. The summed E-state index contributed by atoms with van der Waals surface area (Å²) in [4.78, 5) is 19.3. The van der Waals surface area contributed by atoms with Gasteiger partial charge in [-0.2, -0.15) is 5.10 Å². The van der Waals surface area contributed by atoms with Gasteiger partial charge in [0.1, 0.15) is 6.33 Å². The molecule has 0 unspecified atom stereocenters. The smallest absolute Gasteiger partial charge is 0.357 e. The highest BCUT2D eigenvalue weighted by atomic mass is 32.1. The molecular weight excluding hydrogens is 216 g/mol. The zero-order valence-corrected chi connectivity index (χ0v) is 8.74. The molecule has 0 spiro atoms. The molecule has 7 heteroatoms. The van der Waals surface area contributed by atoms with Crippen LogP contribution in [0, 0.1) is 0 Å². The van der Waals surface area contributed by atoms with E-state index in [4.69, 9.17) is 4.74 Å². The Labute approximate surface area is 89.3 Å². The van der Waals surface area contributed by atoms with E-state index in [-0.39, 0.29) is 0 Å². The molecule has 0 saturated heterocycles. The number of thiazole rings is 1. The number of hydrogen-bond acceptors (Lipinski definition) is 6. The predicted octanol–water partition coefficient (Wildman–Crippen LogP) is 1.10. The highest BCUT2D eigenvalue weighted by Gasteiger charge is 2.13. The molecule has 2 heterocycles. The van der Waals surface area contributed by atoms with Crippen LogP contribution in [0.2, 0.25) is 0 Å². The number of H-pyrrole nitrogens is 1. The van der Waals surface area contributed by atoms with E-state index in [0.29, 0.717) is 23.1 Å². The summed E-state index contributed by atoms with van der Waals surface area (Å²) in [6.45, 7) is 2.09. The number of esters is 1. The van der Waals surface area contributed by atoms with E-state index in [1.165, 1.54) is 17.7 Å². The Morgan fingerprint density at radius 2 is 2.53 bits per heavy atom. The molecule has 2 aromatic rings. The molecule has 0 radical (unpaired) electrons. The van der Waals surface area contributed by atoms with E-state index < -0.39 is 5.97 Å². The lowest BCUT2D eigenvalue weighted by atomic mass is 10.5. The average molecular weight is 224 g/mol. The summed E-state index contributed by atoms with van der Waals surface area (Å²) in [5.41, 5.74) is 0.299. The summed E-state index contributed by atoms with van der Waals surface area (Å²) in [7, 11) is 0. The van der Waals surface area contributed by atoms with Gasteiger partial charge in [0.2, 0.25) is 0 Å². The van der Waals surface area contributed by atoms with E-state index in [1.807, 2.05) is 0 Å². The van der Waals surface area contributed by atoms with Crippen LogP contribution in [0.1, 0.15) is 17.4 Å². The van der Waals surface area contributed by atoms with Crippen LogP contribution in [0.15, 0.2) is 11.7 Å². The maximum atomic E-state index is 11.3. The second kappa shape index (κ2) is 4.18. The van der Waals surface area contributed by atoms with E-state index in [9.17, 15) is 4.79 Å². The van der Waals surface area contributed by atoms with Crippen molar-refractivity contribution in [2.45, 2.75) is 6.92 Å². The van der Waals surface area contributed by atoms with Crippen molar-refractivity contribution in [1.82, 2.24) is 20.2 Å². The number of rotatable bonds is 3. The Balaban J connectivity index is 2.21. The molecule has 0 aliphatic heterocycles. The van der Waals surface area contributed by atoms with E-state index in [2.05, 4.69) is 20.2 Å². The molecule has 15 heavy (non-hydrogen) atoms. The van der Waals surface area contributed by atoms with Crippen molar-refractivity contribution in [3.63, 3.8) is 0 Å². The molecule has 0 bridgehead atoms. The lowest BCUT2D eigenvalue weighted by molar-refractivity contribution is 0.0520. The van der Waals surface area contributed by atoms with Crippen molar-refractivity contribution in [2.75, 3.05) is 6.61 Å². The third kappa shape index (κ3) is 2.01. The van der Waals surface area contributed by atoms with Crippen molar-refractivity contribution in [3.8, 4) is 10.8 Å². The monoisotopic (exact) mass is 224 g/mol. The summed E-state index contributed by atoms with van der Waals surface area (Å²) in [5.74, 6) is 0.134. The molecule has 0 aliphatic rings. The lowest BCUT2D eigenvalue weighted by Gasteiger charge is -1.95. The van der Waals surface area contributed by atoms with Crippen LogP contribution in [0.4, 0.5) is 0 Å². The molecule has 6 nitrogen and oxygen atoms in total. The quantitative estimate of drug-likeness (QED) is 0.790. The Hall–Kier alpha value is -1.76. The third-order valence-electron chi connectivity index (χ3n) is 1.61. The van der Waals surface area contributed by atoms with Crippen molar-refractivity contribution in [3.05, 3.63) is 17.4 Å². The van der Waals surface area contributed by atoms with Gasteiger partial charge in [0.05, 0.1) is 6.61 Å². The standard InChI is InChI=1S/C8H8N4O2S/c1-2-14-8(13)5-3-15-7(11-5)6-9-4-10-12-6/h3-4H,2H2,1H3,(H,9,10,12). The van der Waals surface area contributed by atoms with Crippen molar-refractivity contribution in [2.24, 2.45) is 0 Å². The highest BCUT2D eigenvalue weighted by Crippen LogP contribution is 2.19. The number of aromatic nitrogens is 4. The first-order valence-electron chi connectivity index (χ1n) is 4.29. The van der Waals surface area contributed by atoms with Crippen LogP contribution in [-0.2, 0) is 4.74 Å². The molecule has 0 aliphatic carbocycles. The van der Waals surface area contributed by atoms with Crippen molar-refractivity contribution < 1.29 is 9.53 Å². The van der Waals surface area contributed by atoms with Gasteiger partial charge in [0, 0.05) is 5.38 Å². The fourth-order valence-electron chi connectivity index (χ4n) is 0.990. The Bertz CT molecular complexity index is 451. The lowest BCUT2D eigenvalue weighted by Crippen LogP contribution is -2.04. The molecule has 0 aromatic carbocycles. The second-order valence-electron chi connectivity index (χ2n) is 2.59. The van der Waals surface area contributed by atoms with Gasteiger partial charge in [-0.15, -0.1) is 11.3 Å². The number of hydrogen-bond donors (Lipinski definition) is 1. The first-order chi connectivity index (χ1) is 7.31. The van der Waals surface area contributed by atoms with Crippen LogP contribution in [0.3, 0.4) is 0 Å². The number of ether oxygens (including phenoxy) is 1. The number of aromatic amines is 1. The van der Waals surface area contributed by atoms with Crippen LogP contribution in [0.5, 0.6) is 0 Å². The molecule has 0 saturated carbocycles. The molecular formula is C8H8N4O2S. The van der Waals surface area contributed by atoms with Gasteiger partial charge in [-0.05, 0) is 6.92 Å². The SMILES string of the molecule is CCOC(=O)c1csc(-c2ncn[nH]2)n1. The van der Waals surface area contributed by atoms with Gasteiger partial charge in [-0.3, -0.25) is 5.10 Å². The average Bonchev–Trinajstić information content (AvgIpc) is 2.89. The van der Waals surface area contributed by atoms with Crippen molar-refractivity contribution in [1.29, 1.82) is 0 Å². The van der Waals surface area contributed by atoms with Gasteiger partial charge in [0.15, 0.2) is 16.5 Å².